The van der Waals surface area contributed by atoms with E-state index in [1.165, 1.54) is 13.0 Å². The number of aryl methyl sites for hydroxylation is 1. The van der Waals surface area contributed by atoms with Crippen molar-refractivity contribution in [3.63, 3.8) is 0 Å². The third-order valence-corrected chi connectivity index (χ3v) is 9.19. The summed E-state index contributed by atoms with van der Waals surface area (Å²) >= 11 is 0. The maximum absolute atomic E-state index is 13.6. The predicted octanol–water partition coefficient (Wildman–Crippen LogP) is 2.89. The average Bonchev–Trinajstić information content (AvgIpc) is 3.03. The zero-order valence-corrected chi connectivity index (χ0v) is 30.5. The molecule has 2 rings (SSSR count). The van der Waals surface area contributed by atoms with Gasteiger partial charge in [-0.2, -0.15) is 4.72 Å². The molecular formula is C34H52N8O6S. The third-order valence-electron chi connectivity index (χ3n) is 7.68. The highest BCUT2D eigenvalue weighted by atomic mass is 32.2. The molecule has 49 heavy (non-hydrogen) atoms. The molecule has 0 unspecified atom stereocenters. The van der Waals surface area contributed by atoms with Gasteiger partial charge >= 0.3 is 0 Å². The lowest BCUT2D eigenvalue weighted by molar-refractivity contribution is -0.134. The van der Waals surface area contributed by atoms with Gasteiger partial charge in [-0.15, -0.1) is 5.11 Å². The number of benzene rings is 2. The number of rotatable bonds is 19. The summed E-state index contributed by atoms with van der Waals surface area (Å²) in [7, 11) is -4.27. The summed E-state index contributed by atoms with van der Waals surface area (Å²) in [4.78, 5) is 52.0. The molecule has 2 aromatic carbocycles. The van der Waals surface area contributed by atoms with Crippen LogP contribution in [0.1, 0.15) is 66.0 Å². The van der Waals surface area contributed by atoms with Gasteiger partial charge in [0.1, 0.15) is 34.8 Å². The summed E-state index contributed by atoms with van der Waals surface area (Å²) in [6.07, 6.45) is 0.303. The van der Waals surface area contributed by atoms with Crippen LogP contribution in [-0.2, 0) is 35.6 Å². The molecule has 0 saturated carbocycles. The highest BCUT2D eigenvalue weighted by Crippen LogP contribution is 2.27. The van der Waals surface area contributed by atoms with Crippen molar-refractivity contribution < 1.29 is 27.6 Å². The van der Waals surface area contributed by atoms with Crippen molar-refractivity contribution >= 4 is 39.3 Å². The van der Waals surface area contributed by atoms with Crippen LogP contribution < -0.4 is 26.4 Å². The van der Waals surface area contributed by atoms with Gasteiger partial charge in [0.25, 0.3) is 0 Å². The van der Waals surface area contributed by atoms with E-state index in [2.05, 4.69) is 31.0 Å². The number of hydrogen-bond donors (Lipinski definition) is 5. The highest BCUT2D eigenvalue weighted by molar-refractivity contribution is 7.89. The number of carbonyl (C=O) groups excluding carboxylic acids is 4. The molecular weight excluding hydrogens is 648 g/mol. The number of sulfonamides is 1. The molecule has 4 atom stereocenters. The lowest BCUT2D eigenvalue weighted by atomic mass is 10.0. The molecule has 0 aliphatic heterocycles. The number of hydrogen-bond acceptors (Lipinski definition) is 8. The molecule has 14 nitrogen and oxygen atoms in total. The first-order valence-corrected chi connectivity index (χ1v) is 18.0. The quantitative estimate of drug-likeness (QED) is 0.109. The molecule has 15 heteroatoms. The molecule has 0 radical (unpaired) electrons. The maximum atomic E-state index is 13.6. The van der Waals surface area contributed by atoms with E-state index in [4.69, 9.17) is 5.73 Å². The SMILES string of the molecule is CCN(CC)N=Nc1cc(C)ccc1S(=O)(=O)N[C@@H](CC(C)C)C(=O)N[C@@H](C)C(=O)N[C@H](C(=O)N[C@@H](Cc1ccccc1)C(N)=O)C(C)C. The lowest BCUT2D eigenvalue weighted by Crippen LogP contribution is -2.59. The second-order valence-corrected chi connectivity index (χ2v) is 14.4. The van der Waals surface area contributed by atoms with Crippen molar-refractivity contribution in [2.24, 2.45) is 27.9 Å². The van der Waals surface area contributed by atoms with Crippen molar-refractivity contribution in [1.29, 1.82) is 0 Å². The lowest BCUT2D eigenvalue weighted by Gasteiger charge is -2.27. The summed E-state index contributed by atoms with van der Waals surface area (Å²) in [5, 5.41) is 17.9. The van der Waals surface area contributed by atoms with Crippen LogP contribution in [0.4, 0.5) is 5.69 Å². The van der Waals surface area contributed by atoms with Crippen LogP contribution in [0.5, 0.6) is 0 Å². The van der Waals surface area contributed by atoms with Gasteiger partial charge in [-0.25, -0.2) is 8.42 Å². The van der Waals surface area contributed by atoms with E-state index in [0.29, 0.717) is 13.1 Å². The van der Waals surface area contributed by atoms with Gasteiger partial charge in [0.05, 0.1) is 0 Å². The zero-order valence-electron chi connectivity index (χ0n) is 29.7. The Morgan fingerprint density at radius 3 is 2.02 bits per heavy atom. The molecule has 0 aliphatic rings. The number of nitrogens with zero attached hydrogens (tertiary/aromatic N) is 3. The fraction of sp³-hybridized carbons (Fsp3) is 0.529. The Kier molecular flexibility index (Phi) is 15.8. The maximum Gasteiger partial charge on any atom is 0.243 e. The van der Waals surface area contributed by atoms with Crippen molar-refractivity contribution in [1.82, 2.24) is 25.7 Å². The summed E-state index contributed by atoms with van der Waals surface area (Å²) in [5.74, 6) is -3.22. The first-order chi connectivity index (χ1) is 23.0. The van der Waals surface area contributed by atoms with E-state index >= 15 is 0 Å². The summed E-state index contributed by atoms with van der Waals surface area (Å²) < 4.78 is 29.8. The second-order valence-electron chi connectivity index (χ2n) is 12.7. The van der Waals surface area contributed by atoms with Crippen LogP contribution in [0.25, 0.3) is 0 Å². The minimum absolute atomic E-state index is 0.0921. The minimum Gasteiger partial charge on any atom is -0.368 e. The largest absolute Gasteiger partial charge is 0.368 e. The molecule has 0 fully saturated rings. The zero-order chi connectivity index (χ0) is 36.9. The predicted molar refractivity (Wildman–Crippen MR) is 188 cm³/mol. The molecule has 0 heterocycles. The van der Waals surface area contributed by atoms with E-state index in [-0.39, 0.29) is 35.3 Å². The molecule has 0 aromatic heterocycles. The number of carbonyl (C=O) groups is 4. The number of primary amides is 1. The van der Waals surface area contributed by atoms with Gasteiger partial charge < -0.3 is 21.7 Å². The molecule has 6 N–H and O–H groups in total. The topological polar surface area (TPSA) is 205 Å². The Morgan fingerprint density at radius 2 is 1.47 bits per heavy atom. The van der Waals surface area contributed by atoms with Gasteiger partial charge in [0.15, 0.2) is 0 Å². The first kappa shape index (κ1) is 40.8. The normalized spacial score (nSPS) is 14.2. The second kappa shape index (κ2) is 19.0. The van der Waals surface area contributed by atoms with E-state index in [1.807, 2.05) is 33.8 Å². The summed E-state index contributed by atoms with van der Waals surface area (Å²) in [6.45, 7) is 15.3. The smallest absolute Gasteiger partial charge is 0.243 e. The van der Waals surface area contributed by atoms with Gasteiger partial charge in [-0.05, 0) is 69.2 Å². The van der Waals surface area contributed by atoms with Crippen LogP contribution in [0.3, 0.4) is 0 Å². The van der Waals surface area contributed by atoms with Crippen molar-refractivity contribution in [2.75, 3.05) is 13.1 Å². The standard InChI is InChI=1S/C34H52N8O6S/c1-9-42(10-2)41-39-26-19-23(7)16-17-29(26)49(47,48)40-28(18-21(3)4)33(45)36-24(8)32(44)38-30(22(5)6)34(46)37-27(31(35)43)20-25-14-12-11-13-15-25/h11-17,19,21-22,24,27-28,30,40H,9-10,18,20H2,1-8H3,(H2,35,43)(H,36,45)(H,37,46)(H,38,44)/t24-,27-,28-,30-/m0/s1. The van der Waals surface area contributed by atoms with Gasteiger partial charge in [0, 0.05) is 19.5 Å². The number of amides is 4. The fourth-order valence-corrected chi connectivity index (χ4v) is 6.18. The van der Waals surface area contributed by atoms with Crippen LogP contribution in [-0.4, -0.2) is 74.3 Å². The first-order valence-electron chi connectivity index (χ1n) is 16.5. The van der Waals surface area contributed by atoms with Crippen LogP contribution in [0.15, 0.2) is 63.8 Å². The minimum atomic E-state index is -4.27. The highest BCUT2D eigenvalue weighted by Gasteiger charge is 2.32. The third kappa shape index (κ3) is 12.9. The van der Waals surface area contributed by atoms with Gasteiger partial charge in [0.2, 0.25) is 33.7 Å². The van der Waals surface area contributed by atoms with Crippen LogP contribution in [0.2, 0.25) is 0 Å². The molecule has 0 bridgehead atoms. The number of nitrogens with one attached hydrogen (secondary N) is 4. The van der Waals surface area contributed by atoms with E-state index < -0.39 is 57.8 Å². The molecule has 4 amide bonds. The number of nitrogens with two attached hydrogens (primary N) is 1. The monoisotopic (exact) mass is 700 g/mol. The Bertz CT molecular complexity index is 1560. The summed E-state index contributed by atoms with van der Waals surface area (Å²) in [6, 6.07) is 9.24. The van der Waals surface area contributed by atoms with Crippen molar-refractivity contribution in [3.05, 3.63) is 59.7 Å². The van der Waals surface area contributed by atoms with E-state index in [9.17, 15) is 27.6 Å². The fourth-order valence-electron chi connectivity index (χ4n) is 4.85. The van der Waals surface area contributed by atoms with Gasteiger partial charge in [-0.3, -0.25) is 24.2 Å². The average molecular weight is 701 g/mol. The Balaban J connectivity index is 2.21. The van der Waals surface area contributed by atoms with Gasteiger partial charge in [-0.1, -0.05) is 69.3 Å². The molecule has 0 spiro atoms. The molecule has 2 aromatic rings. The van der Waals surface area contributed by atoms with E-state index in [1.54, 1.807) is 62.2 Å². The summed E-state index contributed by atoms with van der Waals surface area (Å²) in [5.41, 5.74) is 7.25. The van der Waals surface area contributed by atoms with Crippen LogP contribution in [0, 0.1) is 18.8 Å². The Labute approximate surface area is 290 Å². The Morgan fingerprint density at radius 1 is 0.837 bits per heavy atom. The van der Waals surface area contributed by atoms with Crippen molar-refractivity contribution in [2.45, 2.75) is 97.3 Å². The Hall–Kier alpha value is -4.37. The van der Waals surface area contributed by atoms with Crippen LogP contribution >= 0.6 is 0 Å². The molecule has 0 saturated heterocycles. The molecule has 270 valence electrons. The molecule has 0 aliphatic carbocycles. The van der Waals surface area contributed by atoms with E-state index in [0.717, 1.165) is 11.1 Å². The van der Waals surface area contributed by atoms with Crippen molar-refractivity contribution in [3.8, 4) is 0 Å².